The van der Waals surface area contributed by atoms with Crippen LogP contribution in [0.4, 0.5) is 5.82 Å². The largest absolute Gasteiger partial charge is 0.353 e. The van der Waals surface area contributed by atoms with Crippen molar-refractivity contribution in [1.29, 1.82) is 0 Å². The average Bonchev–Trinajstić information content (AvgIpc) is 2.67. The molecule has 5 nitrogen and oxygen atoms in total. The van der Waals surface area contributed by atoms with Crippen LogP contribution in [-0.2, 0) is 4.79 Å². The molecule has 0 unspecified atom stereocenters. The third-order valence-corrected chi connectivity index (χ3v) is 4.68. The van der Waals surface area contributed by atoms with E-state index in [-0.39, 0.29) is 24.5 Å². The normalized spacial score (nSPS) is 14.4. The standard InChI is InChI=1S/C19H20ClN3O2/c20-16-6-2-1-5-15(16)17(24)8-9-19(25)23-13-11-22(12-14-23)18-7-3-4-10-21-18/h1-7,10H,8-9,11-14H2. The molecular formula is C19H20ClN3O2. The van der Waals surface area contributed by atoms with Crippen molar-refractivity contribution < 1.29 is 9.59 Å². The lowest BCUT2D eigenvalue weighted by atomic mass is 10.1. The Balaban J connectivity index is 1.48. The van der Waals surface area contributed by atoms with E-state index in [0.717, 1.165) is 18.9 Å². The first-order valence-electron chi connectivity index (χ1n) is 8.36. The Kier molecular flexibility index (Phi) is 5.66. The van der Waals surface area contributed by atoms with E-state index in [0.29, 0.717) is 23.7 Å². The molecule has 0 bridgehead atoms. The van der Waals surface area contributed by atoms with E-state index in [9.17, 15) is 9.59 Å². The summed E-state index contributed by atoms with van der Waals surface area (Å²) in [5.41, 5.74) is 0.483. The van der Waals surface area contributed by atoms with Crippen molar-refractivity contribution in [2.24, 2.45) is 0 Å². The lowest BCUT2D eigenvalue weighted by molar-refractivity contribution is -0.131. The van der Waals surface area contributed by atoms with Gasteiger partial charge < -0.3 is 9.80 Å². The molecule has 130 valence electrons. The summed E-state index contributed by atoms with van der Waals surface area (Å²) in [4.78, 5) is 32.9. The number of hydrogen-bond acceptors (Lipinski definition) is 4. The minimum atomic E-state index is -0.0916. The number of ketones is 1. The van der Waals surface area contributed by atoms with Crippen LogP contribution in [0.15, 0.2) is 48.7 Å². The van der Waals surface area contributed by atoms with Gasteiger partial charge in [-0.15, -0.1) is 0 Å². The summed E-state index contributed by atoms with van der Waals surface area (Å²) in [5, 5.41) is 0.434. The van der Waals surface area contributed by atoms with Gasteiger partial charge in [0.15, 0.2) is 5.78 Å². The van der Waals surface area contributed by atoms with Crippen LogP contribution in [0.1, 0.15) is 23.2 Å². The van der Waals surface area contributed by atoms with Crippen LogP contribution in [0.2, 0.25) is 5.02 Å². The van der Waals surface area contributed by atoms with Crippen LogP contribution < -0.4 is 4.90 Å². The van der Waals surface area contributed by atoms with E-state index >= 15 is 0 Å². The summed E-state index contributed by atoms with van der Waals surface area (Å²) < 4.78 is 0. The number of pyridine rings is 1. The van der Waals surface area contributed by atoms with E-state index in [2.05, 4.69) is 9.88 Å². The highest BCUT2D eigenvalue weighted by molar-refractivity contribution is 6.34. The average molecular weight is 358 g/mol. The predicted molar refractivity (Wildman–Crippen MR) is 98.0 cm³/mol. The maximum atomic E-state index is 12.4. The fourth-order valence-electron chi connectivity index (χ4n) is 2.93. The molecule has 2 heterocycles. The summed E-state index contributed by atoms with van der Waals surface area (Å²) in [7, 11) is 0. The van der Waals surface area contributed by atoms with E-state index in [1.165, 1.54) is 0 Å². The maximum absolute atomic E-state index is 12.4. The molecule has 1 aliphatic rings. The van der Waals surface area contributed by atoms with Crippen molar-refractivity contribution in [2.45, 2.75) is 12.8 Å². The quantitative estimate of drug-likeness (QED) is 0.772. The zero-order chi connectivity index (χ0) is 17.6. The van der Waals surface area contributed by atoms with Gasteiger partial charge in [-0.3, -0.25) is 9.59 Å². The fraction of sp³-hybridized carbons (Fsp3) is 0.316. The van der Waals surface area contributed by atoms with Gasteiger partial charge in [0.25, 0.3) is 0 Å². The zero-order valence-corrected chi connectivity index (χ0v) is 14.7. The molecule has 6 heteroatoms. The number of rotatable bonds is 5. The minimum Gasteiger partial charge on any atom is -0.353 e. The number of halogens is 1. The molecule has 0 saturated carbocycles. The molecule has 0 N–H and O–H groups in total. The Morgan fingerprint density at radius 3 is 2.36 bits per heavy atom. The van der Waals surface area contributed by atoms with Gasteiger partial charge in [0.2, 0.25) is 5.91 Å². The molecule has 1 aromatic heterocycles. The molecule has 1 aromatic carbocycles. The second kappa shape index (κ2) is 8.12. The topological polar surface area (TPSA) is 53.5 Å². The Labute approximate surface area is 152 Å². The van der Waals surface area contributed by atoms with Crippen LogP contribution >= 0.6 is 11.6 Å². The Morgan fingerprint density at radius 1 is 0.960 bits per heavy atom. The van der Waals surface area contributed by atoms with Crippen molar-refractivity contribution in [3.63, 3.8) is 0 Å². The zero-order valence-electron chi connectivity index (χ0n) is 13.9. The highest BCUT2D eigenvalue weighted by Crippen LogP contribution is 2.18. The van der Waals surface area contributed by atoms with Crippen molar-refractivity contribution in [3.05, 3.63) is 59.2 Å². The summed E-state index contributed by atoms with van der Waals surface area (Å²) in [6.45, 7) is 2.80. The third-order valence-electron chi connectivity index (χ3n) is 4.35. The third kappa shape index (κ3) is 4.37. The number of benzene rings is 1. The summed E-state index contributed by atoms with van der Waals surface area (Å²) in [6, 6.07) is 12.8. The van der Waals surface area contributed by atoms with Gasteiger partial charge in [0.1, 0.15) is 5.82 Å². The SMILES string of the molecule is O=C(CCC(=O)N1CCN(c2ccccn2)CC1)c1ccccc1Cl. The highest BCUT2D eigenvalue weighted by Gasteiger charge is 2.22. The van der Waals surface area contributed by atoms with Gasteiger partial charge >= 0.3 is 0 Å². The van der Waals surface area contributed by atoms with E-state index < -0.39 is 0 Å². The molecule has 0 aliphatic carbocycles. The van der Waals surface area contributed by atoms with Crippen LogP contribution in [0.3, 0.4) is 0 Å². The summed E-state index contributed by atoms with van der Waals surface area (Å²) in [5.74, 6) is 0.857. The first kappa shape index (κ1) is 17.4. The molecule has 1 saturated heterocycles. The lowest BCUT2D eigenvalue weighted by Gasteiger charge is -2.35. The first-order chi connectivity index (χ1) is 12.1. The van der Waals surface area contributed by atoms with E-state index in [1.807, 2.05) is 23.1 Å². The number of nitrogens with zero attached hydrogens (tertiary/aromatic N) is 3. The lowest BCUT2D eigenvalue weighted by Crippen LogP contribution is -2.49. The van der Waals surface area contributed by atoms with Crippen molar-refractivity contribution >= 4 is 29.1 Å². The second-order valence-corrected chi connectivity index (χ2v) is 6.37. The molecule has 1 fully saturated rings. The van der Waals surface area contributed by atoms with E-state index in [1.54, 1.807) is 30.5 Å². The second-order valence-electron chi connectivity index (χ2n) is 5.96. The first-order valence-corrected chi connectivity index (χ1v) is 8.74. The molecule has 2 aromatic rings. The van der Waals surface area contributed by atoms with Gasteiger partial charge in [-0.05, 0) is 24.3 Å². The van der Waals surface area contributed by atoms with Crippen LogP contribution in [0.25, 0.3) is 0 Å². The fourth-order valence-corrected chi connectivity index (χ4v) is 3.17. The van der Waals surface area contributed by atoms with Crippen molar-refractivity contribution in [2.75, 3.05) is 31.1 Å². The molecule has 0 radical (unpaired) electrons. The van der Waals surface area contributed by atoms with Gasteiger partial charge in [0, 0.05) is 50.8 Å². The number of amides is 1. The van der Waals surface area contributed by atoms with Crippen molar-refractivity contribution in [1.82, 2.24) is 9.88 Å². The van der Waals surface area contributed by atoms with E-state index in [4.69, 9.17) is 11.6 Å². The number of Topliss-reactive ketones (excluding diaryl/α,β-unsaturated/α-hetero) is 1. The highest BCUT2D eigenvalue weighted by atomic mass is 35.5. The smallest absolute Gasteiger partial charge is 0.223 e. The minimum absolute atomic E-state index is 0.0149. The number of aromatic nitrogens is 1. The Hall–Kier alpha value is -2.40. The van der Waals surface area contributed by atoms with Crippen molar-refractivity contribution in [3.8, 4) is 0 Å². The molecule has 1 aliphatic heterocycles. The Bertz CT molecular complexity index is 743. The Morgan fingerprint density at radius 2 is 1.68 bits per heavy atom. The number of carbonyl (C=O) groups excluding carboxylic acids is 2. The number of hydrogen-bond donors (Lipinski definition) is 0. The molecular weight excluding hydrogens is 338 g/mol. The van der Waals surface area contributed by atoms with Gasteiger partial charge in [-0.1, -0.05) is 29.8 Å². The van der Waals surface area contributed by atoms with Crippen LogP contribution in [0, 0.1) is 0 Å². The monoisotopic (exact) mass is 357 g/mol. The molecule has 3 rings (SSSR count). The van der Waals surface area contributed by atoms with Gasteiger partial charge in [0.05, 0.1) is 5.02 Å². The van der Waals surface area contributed by atoms with Crippen LogP contribution in [0.5, 0.6) is 0 Å². The molecule has 0 spiro atoms. The summed E-state index contributed by atoms with van der Waals surface area (Å²) in [6.07, 6.45) is 2.17. The van der Waals surface area contributed by atoms with Crippen LogP contribution in [-0.4, -0.2) is 47.8 Å². The molecule has 25 heavy (non-hydrogen) atoms. The molecule has 1 amide bonds. The molecule has 0 atom stereocenters. The number of piperazine rings is 1. The summed E-state index contributed by atoms with van der Waals surface area (Å²) >= 11 is 6.03. The van der Waals surface area contributed by atoms with Gasteiger partial charge in [-0.2, -0.15) is 0 Å². The number of anilines is 1. The number of carbonyl (C=O) groups is 2. The predicted octanol–water partition coefficient (Wildman–Crippen LogP) is 3.05. The maximum Gasteiger partial charge on any atom is 0.223 e. The van der Waals surface area contributed by atoms with Gasteiger partial charge in [-0.25, -0.2) is 4.98 Å².